The molecule has 1 saturated carbocycles. The molecular formula is C17H31ClN2O. The maximum Gasteiger partial charge on any atom is 0.222 e. The van der Waals surface area contributed by atoms with Crippen LogP contribution in [-0.4, -0.2) is 37.0 Å². The number of halogens is 1. The minimum absolute atomic E-state index is 0. The third kappa shape index (κ3) is 4.59. The van der Waals surface area contributed by atoms with Crippen molar-refractivity contribution in [1.29, 1.82) is 0 Å². The second-order valence-electron chi connectivity index (χ2n) is 7.20. The second kappa shape index (κ2) is 8.38. The van der Waals surface area contributed by atoms with Crippen LogP contribution in [0.2, 0.25) is 0 Å². The minimum Gasteiger partial charge on any atom is -0.343 e. The van der Waals surface area contributed by atoms with Crippen LogP contribution in [0.25, 0.3) is 0 Å². The first-order valence-electron chi connectivity index (χ1n) is 8.81. The van der Waals surface area contributed by atoms with Gasteiger partial charge in [-0.3, -0.25) is 4.79 Å². The molecule has 0 aromatic carbocycles. The van der Waals surface area contributed by atoms with Crippen molar-refractivity contribution < 1.29 is 4.79 Å². The van der Waals surface area contributed by atoms with Crippen LogP contribution in [-0.2, 0) is 4.79 Å². The number of hydrogen-bond acceptors (Lipinski definition) is 2. The summed E-state index contributed by atoms with van der Waals surface area (Å²) in [7, 11) is 0. The highest BCUT2D eigenvalue weighted by atomic mass is 35.5. The van der Waals surface area contributed by atoms with Gasteiger partial charge < -0.3 is 10.2 Å². The molecule has 1 N–H and O–H groups in total. The van der Waals surface area contributed by atoms with Crippen LogP contribution in [0.15, 0.2) is 0 Å². The SMILES string of the molecule is Cl.O=C(CC1CCCCCC1)N1CC[C@@H]2CNC[C@@H]2CC1. The maximum absolute atomic E-state index is 12.6. The van der Waals surface area contributed by atoms with Gasteiger partial charge in [0.1, 0.15) is 0 Å². The highest BCUT2D eigenvalue weighted by Crippen LogP contribution is 2.29. The highest BCUT2D eigenvalue weighted by Gasteiger charge is 2.31. The highest BCUT2D eigenvalue weighted by molar-refractivity contribution is 5.85. The second-order valence-corrected chi connectivity index (χ2v) is 7.20. The first-order chi connectivity index (χ1) is 9.83. The van der Waals surface area contributed by atoms with Crippen molar-refractivity contribution in [3.8, 4) is 0 Å². The minimum atomic E-state index is 0. The molecule has 1 aliphatic carbocycles. The molecule has 3 nitrogen and oxygen atoms in total. The van der Waals surface area contributed by atoms with Crippen molar-refractivity contribution in [2.45, 2.75) is 57.8 Å². The third-order valence-corrected chi connectivity index (χ3v) is 5.81. The maximum atomic E-state index is 12.6. The van der Waals surface area contributed by atoms with E-state index in [2.05, 4.69) is 10.2 Å². The lowest BCUT2D eigenvalue weighted by Gasteiger charge is -2.23. The fraction of sp³-hybridized carbons (Fsp3) is 0.941. The Morgan fingerprint density at radius 1 is 0.905 bits per heavy atom. The number of carbonyl (C=O) groups is 1. The van der Waals surface area contributed by atoms with E-state index >= 15 is 0 Å². The van der Waals surface area contributed by atoms with Gasteiger partial charge >= 0.3 is 0 Å². The fourth-order valence-corrected chi connectivity index (χ4v) is 4.41. The lowest BCUT2D eigenvalue weighted by Crippen LogP contribution is -2.33. The molecule has 0 bridgehead atoms. The number of likely N-dealkylation sites (tertiary alicyclic amines) is 1. The van der Waals surface area contributed by atoms with Crippen molar-refractivity contribution in [1.82, 2.24) is 10.2 Å². The topological polar surface area (TPSA) is 32.3 Å². The van der Waals surface area contributed by atoms with E-state index in [0.29, 0.717) is 11.8 Å². The molecule has 0 aromatic rings. The summed E-state index contributed by atoms with van der Waals surface area (Å²) in [6, 6.07) is 0. The largest absolute Gasteiger partial charge is 0.343 e. The average molecular weight is 315 g/mol. The van der Waals surface area contributed by atoms with Gasteiger partial charge in [0.15, 0.2) is 0 Å². The quantitative estimate of drug-likeness (QED) is 0.794. The standard InChI is InChI=1S/C17H30N2O.ClH/c20-17(11-14-5-3-1-2-4-6-14)19-9-7-15-12-18-13-16(15)8-10-19;/h14-16,18H,1-13H2;1H/t15-,16+;. The number of nitrogens with one attached hydrogen (secondary N) is 1. The van der Waals surface area contributed by atoms with E-state index in [-0.39, 0.29) is 12.4 Å². The van der Waals surface area contributed by atoms with Gasteiger partial charge in [0.2, 0.25) is 5.91 Å². The summed E-state index contributed by atoms with van der Waals surface area (Å²) in [5.41, 5.74) is 0. The number of amides is 1. The molecule has 3 aliphatic rings. The smallest absolute Gasteiger partial charge is 0.222 e. The van der Waals surface area contributed by atoms with Crippen molar-refractivity contribution in [3.63, 3.8) is 0 Å². The Bertz CT molecular complexity index is 315. The summed E-state index contributed by atoms with van der Waals surface area (Å²) in [5, 5.41) is 3.51. The van der Waals surface area contributed by atoms with Crippen molar-refractivity contribution in [3.05, 3.63) is 0 Å². The van der Waals surface area contributed by atoms with E-state index in [1.807, 2.05) is 0 Å². The molecule has 0 unspecified atom stereocenters. The summed E-state index contributed by atoms with van der Waals surface area (Å²) < 4.78 is 0. The summed E-state index contributed by atoms with van der Waals surface area (Å²) in [6.07, 6.45) is 11.3. The number of carbonyl (C=O) groups excluding carboxylic acids is 1. The Hall–Kier alpha value is -0.280. The molecule has 0 spiro atoms. The van der Waals surface area contributed by atoms with Crippen molar-refractivity contribution in [2.24, 2.45) is 17.8 Å². The average Bonchev–Trinajstić information content (AvgIpc) is 2.66. The Morgan fingerprint density at radius 3 is 2.05 bits per heavy atom. The van der Waals surface area contributed by atoms with Crippen molar-refractivity contribution in [2.75, 3.05) is 26.2 Å². The van der Waals surface area contributed by atoms with Gasteiger partial charge in [-0.15, -0.1) is 12.4 Å². The Kier molecular flexibility index (Phi) is 6.81. The van der Waals surface area contributed by atoms with Crippen LogP contribution in [0, 0.1) is 17.8 Å². The molecule has 21 heavy (non-hydrogen) atoms. The lowest BCUT2D eigenvalue weighted by atomic mass is 9.92. The van der Waals surface area contributed by atoms with Gasteiger partial charge in [0.25, 0.3) is 0 Å². The van der Waals surface area contributed by atoms with Gasteiger partial charge in [0.05, 0.1) is 0 Å². The fourth-order valence-electron chi connectivity index (χ4n) is 4.41. The van der Waals surface area contributed by atoms with Gasteiger partial charge in [0, 0.05) is 19.5 Å². The van der Waals surface area contributed by atoms with Gasteiger partial charge in [-0.05, 0) is 56.5 Å². The van der Waals surface area contributed by atoms with Gasteiger partial charge in [-0.2, -0.15) is 0 Å². The zero-order valence-corrected chi connectivity index (χ0v) is 14.0. The molecule has 2 atom stereocenters. The summed E-state index contributed by atoms with van der Waals surface area (Å²) >= 11 is 0. The number of nitrogens with zero attached hydrogens (tertiary/aromatic N) is 1. The van der Waals surface area contributed by atoms with E-state index in [4.69, 9.17) is 0 Å². The predicted octanol–water partition coefficient (Wildman–Crippen LogP) is 3.23. The van der Waals surface area contributed by atoms with E-state index < -0.39 is 0 Å². The van der Waals surface area contributed by atoms with Crippen LogP contribution < -0.4 is 5.32 Å². The van der Waals surface area contributed by atoms with E-state index in [1.165, 1.54) is 64.5 Å². The van der Waals surface area contributed by atoms with Crippen LogP contribution >= 0.6 is 12.4 Å². The molecule has 1 amide bonds. The number of rotatable bonds is 2. The number of hydrogen-bond donors (Lipinski definition) is 1. The zero-order chi connectivity index (χ0) is 13.8. The molecule has 2 saturated heterocycles. The summed E-state index contributed by atoms with van der Waals surface area (Å²) in [5.74, 6) is 2.77. The van der Waals surface area contributed by atoms with Crippen LogP contribution in [0.3, 0.4) is 0 Å². The molecule has 122 valence electrons. The Balaban J connectivity index is 0.00000161. The first kappa shape index (κ1) is 17.1. The molecule has 0 radical (unpaired) electrons. The molecule has 0 aromatic heterocycles. The Morgan fingerprint density at radius 2 is 1.48 bits per heavy atom. The first-order valence-corrected chi connectivity index (χ1v) is 8.81. The van der Waals surface area contributed by atoms with Gasteiger partial charge in [-0.1, -0.05) is 25.7 Å². The van der Waals surface area contributed by atoms with E-state index in [9.17, 15) is 4.79 Å². The van der Waals surface area contributed by atoms with E-state index in [0.717, 1.165) is 31.3 Å². The summed E-state index contributed by atoms with van der Waals surface area (Å²) in [4.78, 5) is 14.7. The van der Waals surface area contributed by atoms with Crippen LogP contribution in [0.1, 0.15) is 57.8 Å². The van der Waals surface area contributed by atoms with Crippen LogP contribution in [0.4, 0.5) is 0 Å². The third-order valence-electron chi connectivity index (χ3n) is 5.81. The van der Waals surface area contributed by atoms with E-state index in [1.54, 1.807) is 0 Å². The molecule has 3 rings (SSSR count). The zero-order valence-electron chi connectivity index (χ0n) is 13.2. The predicted molar refractivity (Wildman–Crippen MR) is 88.7 cm³/mol. The monoisotopic (exact) mass is 314 g/mol. The lowest BCUT2D eigenvalue weighted by molar-refractivity contribution is -0.132. The molecule has 4 heteroatoms. The van der Waals surface area contributed by atoms with Crippen LogP contribution in [0.5, 0.6) is 0 Å². The molecule has 3 fully saturated rings. The van der Waals surface area contributed by atoms with Gasteiger partial charge in [-0.25, -0.2) is 0 Å². The molecule has 2 aliphatic heterocycles. The number of fused-ring (bicyclic) bond motifs is 1. The Labute approximate surface area is 135 Å². The van der Waals surface area contributed by atoms with Crippen molar-refractivity contribution >= 4 is 18.3 Å². The summed E-state index contributed by atoms with van der Waals surface area (Å²) in [6.45, 7) is 4.37. The normalized spacial score (nSPS) is 31.0. The molecule has 2 heterocycles. The molecular weight excluding hydrogens is 284 g/mol.